The molecule has 0 aromatic rings. The summed E-state index contributed by atoms with van der Waals surface area (Å²) in [6.07, 6.45) is 1.94. The summed E-state index contributed by atoms with van der Waals surface area (Å²) in [7, 11) is 3.27. The summed E-state index contributed by atoms with van der Waals surface area (Å²) in [5.74, 6) is 1.58. The molecule has 11 heavy (non-hydrogen) atoms. The maximum atomic E-state index is 5.09. The number of methoxy groups -OCH3 is 2. The van der Waals surface area contributed by atoms with Gasteiger partial charge in [-0.05, 0) is 26.8 Å². The molecule has 0 bridgehead atoms. The summed E-state index contributed by atoms with van der Waals surface area (Å²) in [6, 6.07) is 0. The highest BCUT2D eigenvalue weighted by Crippen LogP contribution is 2.09. The zero-order valence-corrected chi connectivity index (χ0v) is 7.89. The van der Waals surface area contributed by atoms with Gasteiger partial charge in [0.1, 0.15) is 5.76 Å². The van der Waals surface area contributed by atoms with Crippen molar-refractivity contribution in [1.29, 1.82) is 0 Å². The number of hydrogen-bond donors (Lipinski definition) is 0. The first-order chi connectivity index (χ1) is 5.11. The Morgan fingerprint density at radius 1 is 1.00 bits per heavy atom. The molecule has 0 aromatic heterocycles. The van der Waals surface area contributed by atoms with Crippen LogP contribution in [0.25, 0.3) is 0 Å². The van der Waals surface area contributed by atoms with Gasteiger partial charge in [-0.1, -0.05) is 5.57 Å². The van der Waals surface area contributed by atoms with Crippen LogP contribution in [0.1, 0.15) is 20.8 Å². The maximum Gasteiger partial charge on any atom is 0.156 e. The van der Waals surface area contributed by atoms with Crippen molar-refractivity contribution < 1.29 is 9.47 Å². The van der Waals surface area contributed by atoms with E-state index in [0.717, 1.165) is 11.5 Å². The summed E-state index contributed by atoms with van der Waals surface area (Å²) in [5.41, 5.74) is 1.19. The molecule has 0 spiro atoms. The molecule has 0 rings (SSSR count). The first kappa shape index (κ1) is 10.1. The molecular formula is C9H16O2. The van der Waals surface area contributed by atoms with Crippen LogP contribution in [0.3, 0.4) is 0 Å². The number of ether oxygens (including phenoxy) is 2. The lowest BCUT2D eigenvalue weighted by molar-refractivity contribution is 0.232. The predicted molar refractivity (Wildman–Crippen MR) is 46.1 cm³/mol. The fourth-order valence-corrected chi connectivity index (χ4v) is 0.667. The second-order valence-electron chi connectivity index (χ2n) is 2.55. The molecule has 0 amide bonds. The molecule has 0 atom stereocenters. The summed E-state index contributed by atoms with van der Waals surface area (Å²) in [5, 5.41) is 0. The molecule has 0 saturated heterocycles. The van der Waals surface area contributed by atoms with Crippen LogP contribution in [0.5, 0.6) is 0 Å². The van der Waals surface area contributed by atoms with E-state index in [9.17, 15) is 0 Å². The minimum Gasteiger partial charge on any atom is -0.498 e. The van der Waals surface area contributed by atoms with Gasteiger partial charge in [0.2, 0.25) is 0 Å². The average Bonchev–Trinajstić information content (AvgIpc) is 1.98. The number of rotatable bonds is 3. The molecular weight excluding hydrogens is 140 g/mol. The second-order valence-corrected chi connectivity index (χ2v) is 2.55. The van der Waals surface area contributed by atoms with Gasteiger partial charge in [-0.25, -0.2) is 0 Å². The van der Waals surface area contributed by atoms with Gasteiger partial charge in [-0.3, -0.25) is 0 Å². The van der Waals surface area contributed by atoms with Gasteiger partial charge in [0.15, 0.2) is 5.76 Å². The lowest BCUT2D eigenvalue weighted by atomic mass is 10.3. The van der Waals surface area contributed by atoms with Crippen LogP contribution in [-0.4, -0.2) is 14.2 Å². The number of allylic oxidation sites excluding steroid dienone is 3. The van der Waals surface area contributed by atoms with Crippen molar-refractivity contribution >= 4 is 0 Å². The Bertz CT molecular complexity index is 174. The Balaban J connectivity index is 4.52. The van der Waals surface area contributed by atoms with Crippen molar-refractivity contribution in [2.45, 2.75) is 20.8 Å². The van der Waals surface area contributed by atoms with Crippen molar-refractivity contribution in [3.05, 3.63) is 23.2 Å². The normalized spacial score (nSPS) is 11.7. The first-order valence-electron chi connectivity index (χ1n) is 3.55. The van der Waals surface area contributed by atoms with Crippen molar-refractivity contribution in [1.82, 2.24) is 0 Å². The topological polar surface area (TPSA) is 18.5 Å². The van der Waals surface area contributed by atoms with Crippen LogP contribution in [-0.2, 0) is 9.47 Å². The van der Waals surface area contributed by atoms with E-state index >= 15 is 0 Å². The van der Waals surface area contributed by atoms with Gasteiger partial charge in [-0.15, -0.1) is 0 Å². The minimum atomic E-state index is 0.785. The highest BCUT2D eigenvalue weighted by atomic mass is 16.5. The second kappa shape index (κ2) is 4.83. The molecule has 0 radical (unpaired) electrons. The van der Waals surface area contributed by atoms with E-state index in [2.05, 4.69) is 0 Å². The van der Waals surface area contributed by atoms with E-state index < -0.39 is 0 Å². The van der Waals surface area contributed by atoms with Crippen LogP contribution in [0.4, 0.5) is 0 Å². The Hall–Kier alpha value is -0.920. The lowest BCUT2D eigenvalue weighted by Gasteiger charge is -2.05. The largest absolute Gasteiger partial charge is 0.498 e. The average molecular weight is 156 g/mol. The third-order valence-corrected chi connectivity index (χ3v) is 1.29. The third-order valence-electron chi connectivity index (χ3n) is 1.29. The monoisotopic (exact) mass is 156 g/mol. The molecule has 0 saturated carbocycles. The van der Waals surface area contributed by atoms with Crippen LogP contribution < -0.4 is 0 Å². The summed E-state index contributed by atoms with van der Waals surface area (Å²) >= 11 is 0. The smallest absolute Gasteiger partial charge is 0.156 e. The first-order valence-corrected chi connectivity index (χ1v) is 3.55. The molecule has 0 aliphatic carbocycles. The lowest BCUT2D eigenvalue weighted by Crippen LogP contribution is -1.91. The van der Waals surface area contributed by atoms with Crippen LogP contribution in [0.15, 0.2) is 23.2 Å². The van der Waals surface area contributed by atoms with Crippen LogP contribution in [0, 0.1) is 0 Å². The van der Waals surface area contributed by atoms with E-state index in [-0.39, 0.29) is 0 Å². The molecule has 2 heteroatoms. The quantitative estimate of drug-likeness (QED) is 0.461. The van der Waals surface area contributed by atoms with Gasteiger partial charge >= 0.3 is 0 Å². The highest BCUT2D eigenvalue weighted by molar-refractivity contribution is 5.18. The standard InChI is InChI=1S/C9H16O2/c1-7(2)6-9(11-5)8(3)10-4/h6H,1-5H3/b9-8-. The van der Waals surface area contributed by atoms with E-state index in [0.29, 0.717) is 0 Å². The Morgan fingerprint density at radius 3 is 1.82 bits per heavy atom. The molecule has 2 nitrogen and oxygen atoms in total. The van der Waals surface area contributed by atoms with Gasteiger partial charge in [0.25, 0.3) is 0 Å². The van der Waals surface area contributed by atoms with E-state index in [4.69, 9.17) is 9.47 Å². The molecule has 0 aliphatic rings. The fraction of sp³-hybridized carbons (Fsp3) is 0.556. The molecule has 0 fully saturated rings. The molecule has 0 aliphatic heterocycles. The SMILES string of the molecule is CO/C(C)=C(/C=C(C)C)OC. The fourth-order valence-electron chi connectivity index (χ4n) is 0.667. The molecule has 0 heterocycles. The minimum absolute atomic E-state index is 0.785. The summed E-state index contributed by atoms with van der Waals surface area (Å²) in [6.45, 7) is 5.90. The molecule has 0 aromatic carbocycles. The Labute approximate surface area is 68.5 Å². The highest BCUT2D eigenvalue weighted by Gasteiger charge is 1.97. The van der Waals surface area contributed by atoms with Crippen molar-refractivity contribution in [3.63, 3.8) is 0 Å². The van der Waals surface area contributed by atoms with E-state index in [1.54, 1.807) is 14.2 Å². The third kappa shape index (κ3) is 3.71. The van der Waals surface area contributed by atoms with Gasteiger partial charge in [0, 0.05) is 0 Å². The summed E-state index contributed by atoms with van der Waals surface area (Å²) in [4.78, 5) is 0. The van der Waals surface area contributed by atoms with Crippen LogP contribution >= 0.6 is 0 Å². The number of hydrogen-bond acceptors (Lipinski definition) is 2. The zero-order valence-electron chi connectivity index (χ0n) is 7.89. The zero-order chi connectivity index (χ0) is 8.85. The molecule has 0 unspecified atom stereocenters. The Morgan fingerprint density at radius 2 is 1.55 bits per heavy atom. The van der Waals surface area contributed by atoms with Gasteiger partial charge in [0.05, 0.1) is 14.2 Å². The van der Waals surface area contributed by atoms with Crippen molar-refractivity contribution in [3.8, 4) is 0 Å². The molecule has 0 N–H and O–H groups in total. The van der Waals surface area contributed by atoms with E-state index in [1.165, 1.54) is 5.57 Å². The van der Waals surface area contributed by atoms with E-state index in [1.807, 2.05) is 26.8 Å². The molecule has 64 valence electrons. The van der Waals surface area contributed by atoms with Gasteiger partial charge < -0.3 is 9.47 Å². The van der Waals surface area contributed by atoms with Crippen LogP contribution in [0.2, 0.25) is 0 Å². The van der Waals surface area contributed by atoms with Crippen molar-refractivity contribution in [2.75, 3.05) is 14.2 Å². The summed E-state index contributed by atoms with van der Waals surface area (Å²) < 4.78 is 10.1. The predicted octanol–water partition coefficient (Wildman–Crippen LogP) is 2.48. The Kier molecular flexibility index (Phi) is 4.42. The van der Waals surface area contributed by atoms with Gasteiger partial charge in [-0.2, -0.15) is 0 Å². The van der Waals surface area contributed by atoms with Crippen molar-refractivity contribution in [2.24, 2.45) is 0 Å². The maximum absolute atomic E-state index is 5.09.